The van der Waals surface area contributed by atoms with Gasteiger partial charge in [0.05, 0.1) is 17.1 Å². The van der Waals surface area contributed by atoms with Crippen LogP contribution in [-0.2, 0) is 21.3 Å². The Bertz CT molecular complexity index is 611. The zero-order valence-electron chi connectivity index (χ0n) is 13.1. The van der Waals surface area contributed by atoms with Crippen molar-refractivity contribution in [1.29, 1.82) is 0 Å². The molecule has 1 heterocycles. The number of ether oxygens (including phenoxy) is 1. The van der Waals surface area contributed by atoms with Crippen LogP contribution in [0.4, 0.5) is 0 Å². The van der Waals surface area contributed by atoms with E-state index in [2.05, 4.69) is 5.32 Å². The van der Waals surface area contributed by atoms with Crippen LogP contribution in [0.25, 0.3) is 0 Å². The highest BCUT2D eigenvalue weighted by atomic mass is 32.2. The number of nitrogens with zero attached hydrogens (tertiary/aromatic N) is 1. The van der Waals surface area contributed by atoms with E-state index in [1.165, 1.54) is 4.31 Å². The maximum Gasteiger partial charge on any atom is 0.243 e. The lowest BCUT2D eigenvalue weighted by atomic mass is 10.1. The van der Waals surface area contributed by atoms with Crippen LogP contribution in [0, 0.1) is 6.92 Å². The van der Waals surface area contributed by atoms with Crippen molar-refractivity contribution >= 4 is 10.0 Å². The third-order valence-electron chi connectivity index (χ3n) is 3.72. The molecule has 1 aliphatic heterocycles. The summed E-state index contributed by atoms with van der Waals surface area (Å²) < 4.78 is 32.7. The molecule has 0 aromatic heterocycles. The van der Waals surface area contributed by atoms with Crippen molar-refractivity contribution in [1.82, 2.24) is 9.62 Å². The van der Waals surface area contributed by atoms with Crippen molar-refractivity contribution in [2.45, 2.75) is 37.8 Å². The molecule has 5 nitrogen and oxygen atoms in total. The van der Waals surface area contributed by atoms with E-state index in [0.717, 1.165) is 11.1 Å². The van der Waals surface area contributed by atoms with Gasteiger partial charge in [0.1, 0.15) is 0 Å². The van der Waals surface area contributed by atoms with E-state index in [1.807, 2.05) is 33.9 Å². The summed E-state index contributed by atoms with van der Waals surface area (Å²) in [5, 5.41) is 3.07. The second-order valence-corrected chi connectivity index (χ2v) is 8.00. The van der Waals surface area contributed by atoms with Gasteiger partial charge >= 0.3 is 0 Å². The van der Waals surface area contributed by atoms with Gasteiger partial charge < -0.3 is 10.1 Å². The summed E-state index contributed by atoms with van der Waals surface area (Å²) in [5.74, 6) is 0. The minimum Gasteiger partial charge on any atom is -0.373 e. The van der Waals surface area contributed by atoms with Gasteiger partial charge in [0, 0.05) is 19.6 Å². The molecule has 0 bridgehead atoms. The highest BCUT2D eigenvalue weighted by Crippen LogP contribution is 2.25. The standard InChI is InChI=1S/C15H24N2O3S/c1-12-5-6-14(9-13(12)10-16-4)21(18,19)17-7-8-20-15(2,3)11-17/h5-6,9,16H,7-8,10-11H2,1-4H3. The minimum atomic E-state index is -3.47. The topological polar surface area (TPSA) is 58.6 Å². The van der Waals surface area contributed by atoms with Crippen molar-refractivity contribution in [3.63, 3.8) is 0 Å². The highest BCUT2D eigenvalue weighted by Gasteiger charge is 2.34. The largest absolute Gasteiger partial charge is 0.373 e. The Morgan fingerprint density at radius 2 is 2.10 bits per heavy atom. The fourth-order valence-electron chi connectivity index (χ4n) is 2.52. The smallest absolute Gasteiger partial charge is 0.243 e. The van der Waals surface area contributed by atoms with Gasteiger partial charge in [-0.25, -0.2) is 8.42 Å². The number of benzene rings is 1. The molecule has 118 valence electrons. The third-order valence-corrected chi connectivity index (χ3v) is 5.56. The Labute approximate surface area is 127 Å². The average molecular weight is 312 g/mol. The Kier molecular flexibility index (Phi) is 4.72. The average Bonchev–Trinajstić information content (AvgIpc) is 2.40. The van der Waals surface area contributed by atoms with Crippen LogP contribution in [0.3, 0.4) is 0 Å². The SMILES string of the molecule is CNCc1cc(S(=O)(=O)N2CCOC(C)(C)C2)ccc1C. The summed E-state index contributed by atoms with van der Waals surface area (Å²) in [4.78, 5) is 0.357. The van der Waals surface area contributed by atoms with Gasteiger partial charge in [-0.15, -0.1) is 0 Å². The van der Waals surface area contributed by atoms with E-state index in [-0.39, 0.29) is 0 Å². The summed E-state index contributed by atoms with van der Waals surface area (Å²) in [5.41, 5.74) is 1.65. The number of rotatable bonds is 4. The molecule has 1 saturated heterocycles. The van der Waals surface area contributed by atoms with Crippen LogP contribution < -0.4 is 5.32 Å². The molecule has 6 heteroatoms. The third kappa shape index (κ3) is 3.63. The molecule has 1 aliphatic rings. The summed E-state index contributed by atoms with van der Waals surface area (Å²) in [6.45, 7) is 7.68. The molecular formula is C15H24N2O3S. The molecule has 0 amide bonds. The lowest BCUT2D eigenvalue weighted by molar-refractivity contribution is -0.0640. The summed E-state index contributed by atoms with van der Waals surface area (Å²) in [6, 6.07) is 5.32. The second-order valence-electron chi connectivity index (χ2n) is 6.07. The van der Waals surface area contributed by atoms with Crippen molar-refractivity contribution in [3.05, 3.63) is 29.3 Å². The molecule has 1 fully saturated rings. The summed E-state index contributed by atoms with van der Waals surface area (Å²) in [6.07, 6.45) is 0. The lowest BCUT2D eigenvalue weighted by Crippen LogP contribution is -2.50. The molecule has 0 unspecified atom stereocenters. The van der Waals surface area contributed by atoms with Crippen LogP contribution in [0.15, 0.2) is 23.1 Å². The number of morpholine rings is 1. The predicted octanol–water partition coefficient (Wildman–Crippen LogP) is 1.51. The van der Waals surface area contributed by atoms with Crippen LogP contribution >= 0.6 is 0 Å². The molecule has 0 radical (unpaired) electrons. The number of hydrogen-bond acceptors (Lipinski definition) is 4. The monoisotopic (exact) mass is 312 g/mol. The number of sulfonamides is 1. The van der Waals surface area contributed by atoms with E-state index in [9.17, 15) is 8.42 Å². The van der Waals surface area contributed by atoms with Gasteiger partial charge in [0.15, 0.2) is 0 Å². The van der Waals surface area contributed by atoms with Crippen LogP contribution in [-0.4, -0.2) is 45.1 Å². The fraction of sp³-hybridized carbons (Fsp3) is 0.600. The lowest BCUT2D eigenvalue weighted by Gasteiger charge is -2.37. The Balaban J connectivity index is 2.33. The molecule has 0 atom stereocenters. The number of hydrogen-bond donors (Lipinski definition) is 1. The Morgan fingerprint density at radius 1 is 1.38 bits per heavy atom. The molecule has 2 rings (SSSR count). The Morgan fingerprint density at radius 3 is 2.71 bits per heavy atom. The predicted molar refractivity (Wildman–Crippen MR) is 82.7 cm³/mol. The van der Waals surface area contributed by atoms with Gasteiger partial charge in [-0.3, -0.25) is 0 Å². The van der Waals surface area contributed by atoms with E-state index in [0.29, 0.717) is 31.1 Å². The van der Waals surface area contributed by atoms with Gasteiger partial charge in [-0.2, -0.15) is 4.31 Å². The second kappa shape index (κ2) is 6.04. The van der Waals surface area contributed by atoms with Gasteiger partial charge in [0.2, 0.25) is 10.0 Å². The van der Waals surface area contributed by atoms with E-state index < -0.39 is 15.6 Å². The van der Waals surface area contributed by atoms with E-state index in [1.54, 1.807) is 12.1 Å². The van der Waals surface area contributed by atoms with Crippen LogP contribution in [0.5, 0.6) is 0 Å². The van der Waals surface area contributed by atoms with E-state index >= 15 is 0 Å². The molecule has 0 spiro atoms. The maximum absolute atomic E-state index is 12.8. The zero-order chi connectivity index (χ0) is 15.7. The fourth-order valence-corrected chi connectivity index (χ4v) is 4.14. The van der Waals surface area contributed by atoms with Crippen LogP contribution in [0.1, 0.15) is 25.0 Å². The molecule has 0 aliphatic carbocycles. The maximum atomic E-state index is 12.8. The Hall–Kier alpha value is -0.950. The van der Waals surface area contributed by atoms with E-state index in [4.69, 9.17) is 4.74 Å². The molecule has 1 aromatic carbocycles. The molecular weight excluding hydrogens is 288 g/mol. The van der Waals surface area contributed by atoms with Gasteiger partial charge in [-0.1, -0.05) is 6.07 Å². The van der Waals surface area contributed by atoms with Crippen LogP contribution in [0.2, 0.25) is 0 Å². The summed E-state index contributed by atoms with van der Waals surface area (Å²) >= 11 is 0. The quantitative estimate of drug-likeness (QED) is 0.916. The minimum absolute atomic E-state index is 0.357. The normalized spacial score (nSPS) is 19.6. The molecule has 1 N–H and O–H groups in total. The first-order valence-corrected chi connectivity index (χ1v) is 8.58. The molecule has 0 saturated carbocycles. The first-order chi connectivity index (χ1) is 9.76. The number of aryl methyl sites for hydroxylation is 1. The first-order valence-electron chi connectivity index (χ1n) is 7.14. The number of nitrogens with one attached hydrogen (secondary N) is 1. The first kappa shape index (κ1) is 16.4. The summed E-state index contributed by atoms with van der Waals surface area (Å²) in [7, 11) is -1.61. The van der Waals surface area contributed by atoms with Crippen molar-refractivity contribution in [3.8, 4) is 0 Å². The molecule has 21 heavy (non-hydrogen) atoms. The van der Waals surface area contributed by atoms with Crippen molar-refractivity contribution in [2.24, 2.45) is 0 Å². The van der Waals surface area contributed by atoms with Crippen molar-refractivity contribution < 1.29 is 13.2 Å². The van der Waals surface area contributed by atoms with Gasteiger partial charge in [0.25, 0.3) is 0 Å². The highest BCUT2D eigenvalue weighted by molar-refractivity contribution is 7.89. The van der Waals surface area contributed by atoms with Crippen molar-refractivity contribution in [2.75, 3.05) is 26.7 Å². The zero-order valence-corrected chi connectivity index (χ0v) is 14.0. The molecule has 1 aromatic rings. The van der Waals surface area contributed by atoms with Gasteiger partial charge in [-0.05, 0) is 51.1 Å².